The smallest absolute Gasteiger partial charge is 0.263 e. The van der Waals surface area contributed by atoms with Crippen LogP contribution in [0.4, 0.5) is 0 Å². The maximum Gasteiger partial charge on any atom is 0.263 e. The number of oxime groups is 1. The quantitative estimate of drug-likeness (QED) is 0.261. The number of likely N-dealkylation sites (tertiary alicyclic amines) is 1. The van der Waals surface area contributed by atoms with Crippen LogP contribution in [0.2, 0.25) is 0 Å². The molecular weight excluding hydrogens is 286 g/mol. The number of aliphatic hydroxyl groups excluding tert-OH is 1. The zero-order chi connectivity index (χ0) is 15.8. The molecule has 122 valence electrons. The van der Waals surface area contributed by atoms with E-state index in [0.717, 1.165) is 17.8 Å². The molecule has 1 aliphatic heterocycles. The summed E-state index contributed by atoms with van der Waals surface area (Å²) in [6, 6.07) is 3.40. The Bertz CT molecular complexity index is 489. The maximum atomic E-state index is 9.98. The van der Waals surface area contributed by atoms with E-state index in [2.05, 4.69) is 10.1 Å². The van der Waals surface area contributed by atoms with E-state index in [1.807, 2.05) is 0 Å². The molecule has 1 atom stereocenters. The molecule has 1 unspecified atom stereocenters. The molecule has 1 aliphatic rings. The van der Waals surface area contributed by atoms with E-state index in [9.17, 15) is 10.3 Å². The third kappa shape index (κ3) is 5.16. The highest BCUT2D eigenvalue weighted by Crippen LogP contribution is 2.09. The number of hydrogen-bond donors (Lipinski definition) is 2. The summed E-state index contributed by atoms with van der Waals surface area (Å²) in [7, 11) is 1.47. The van der Waals surface area contributed by atoms with Crippen molar-refractivity contribution in [2.24, 2.45) is 5.16 Å². The molecule has 22 heavy (non-hydrogen) atoms. The Morgan fingerprint density at radius 1 is 1.41 bits per heavy atom. The van der Waals surface area contributed by atoms with E-state index in [1.54, 1.807) is 12.1 Å². The van der Waals surface area contributed by atoms with Crippen LogP contribution in [0.1, 0.15) is 24.8 Å². The number of nitrogens with zero attached hydrogens (tertiary/aromatic N) is 3. The average molecular weight is 310 g/mol. The molecule has 0 amide bonds. The van der Waals surface area contributed by atoms with Crippen LogP contribution in [0.3, 0.4) is 0 Å². The molecule has 1 fully saturated rings. The first-order valence-electron chi connectivity index (χ1n) is 7.54. The Labute approximate surface area is 130 Å². The van der Waals surface area contributed by atoms with Crippen LogP contribution in [-0.2, 0) is 9.57 Å². The normalized spacial score (nSPS) is 18.0. The van der Waals surface area contributed by atoms with Crippen LogP contribution in [0.5, 0.6) is 0 Å². The predicted octanol–water partition coefficient (Wildman–Crippen LogP) is 0.383. The van der Waals surface area contributed by atoms with Gasteiger partial charge in [0.1, 0.15) is 18.3 Å². The monoisotopic (exact) mass is 310 g/mol. The number of methoxy groups -OCH3 is 1. The first-order chi connectivity index (χ1) is 10.7. The molecule has 0 bridgehead atoms. The van der Waals surface area contributed by atoms with Crippen LogP contribution in [0.25, 0.3) is 0 Å². The fourth-order valence-corrected chi connectivity index (χ4v) is 2.47. The summed E-state index contributed by atoms with van der Waals surface area (Å²) in [5, 5.41) is 23.2. The van der Waals surface area contributed by atoms with Gasteiger partial charge in [0.2, 0.25) is 12.4 Å². The van der Waals surface area contributed by atoms with Gasteiger partial charge in [-0.05, 0) is 37.2 Å². The van der Waals surface area contributed by atoms with Crippen molar-refractivity contribution in [2.75, 3.05) is 33.4 Å². The molecule has 1 aromatic rings. The minimum atomic E-state index is -0.585. The predicted molar refractivity (Wildman–Crippen MR) is 79.6 cm³/mol. The van der Waals surface area contributed by atoms with Crippen molar-refractivity contribution >= 4 is 5.90 Å². The number of hydrogen-bond acceptors (Lipinski definition) is 6. The van der Waals surface area contributed by atoms with Crippen molar-refractivity contribution in [3.63, 3.8) is 0 Å². The second kappa shape index (κ2) is 8.55. The van der Waals surface area contributed by atoms with E-state index in [-0.39, 0.29) is 12.5 Å². The summed E-state index contributed by atoms with van der Waals surface area (Å²) in [6.45, 7) is 2.77. The van der Waals surface area contributed by atoms with E-state index in [4.69, 9.17) is 9.57 Å². The Morgan fingerprint density at radius 3 is 2.86 bits per heavy atom. The van der Waals surface area contributed by atoms with Gasteiger partial charge in [0.25, 0.3) is 5.90 Å². The van der Waals surface area contributed by atoms with Gasteiger partial charge in [-0.2, -0.15) is 0 Å². The van der Waals surface area contributed by atoms with Gasteiger partial charge in [0.15, 0.2) is 0 Å². The van der Waals surface area contributed by atoms with E-state index in [1.165, 1.54) is 38.8 Å². The van der Waals surface area contributed by atoms with Gasteiger partial charge >= 0.3 is 0 Å². The molecular formula is C15H24N3O4+. The molecule has 2 rings (SSSR count). The summed E-state index contributed by atoms with van der Waals surface area (Å²) < 4.78 is 6.04. The topological polar surface area (TPSA) is 78.4 Å². The lowest BCUT2D eigenvalue weighted by atomic mass is 10.1. The van der Waals surface area contributed by atoms with E-state index < -0.39 is 6.10 Å². The Hall–Kier alpha value is -1.86. The number of aliphatic hydroxyl groups is 1. The summed E-state index contributed by atoms with van der Waals surface area (Å²) in [5.41, 5.74) is 0.582. The molecule has 0 aromatic carbocycles. The van der Waals surface area contributed by atoms with Crippen molar-refractivity contribution in [3.05, 3.63) is 30.1 Å². The largest absolute Gasteiger partial charge is 0.478 e. The van der Waals surface area contributed by atoms with Crippen LogP contribution in [0.15, 0.2) is 29.7 Å². The van der Waals surface area contributed by atoms with Crippen LogP contribution in [0, 0.1) is 0 Å². The molecule has 1 aromatic heterocycles. The molecule has 0 aliphatic carbocycles. The van der Waals surface area contributed by atoms with Gasteiger partial charge in [0.05, 0.1) is 7.11 Å². The van der Waals surface area contributed by atoms with Gasteiger partial charge in [-0.25, -0.2) is 0 Å². The molecule has 7 heteroatoms. The van der Waals surface area contributed by atoms with Crippen molar-refractivity contribution in [1.29, 1.82) is 0 Å². The fraction of sp³-hybridized carbons (Fsp3) is 0.600. The minimum absolute atomic E-state index is 0.106. The molecule has 2 heterocycles. The van der Waals surface area contributed by atoms with Gasteiger partial charge in [-0.1, -0.05) is 6.42 Å². The lowest BCUT2D eigenvalue weighted by molar-refractivity contribution is -0.904. The molecule has 0 saturated carbocycles. The highest BCUT2D eigenvalue weighted by molar-refractivity contribution is 5.92. The SMILES string of the molecule is CO/C(=N\OCC(O)CN1CCCCC1)c1ccc[n+](O)c1. The third-order valence-corrected chi connectivity index (χ3v) is 3.56. The zero-order valence-electron chi connectivity index (χ0n) is 12.9. The van der Waals surface area contributed by atoms with E-state index in [0.29, 0.717) is 12.1 Å². The van der Waals surface area contributed by atoms with Gasteiger partial charge < -0.3 is 19.6 Å². The molecule has 2 N–H and O–H groups in total. The number of rotatable bonds is 6. The summed E-state index contributed by atoms with van der Waals surface area (Å²) in [5.74, 6) is 0.244. The Morgan fingerprint density at radius 2 is 2.18 bits per heavy atom. The molecule has 0 radical (unpaired) electrons. The van der Waals surface area contributed by atoms with Gasteiger partial charge in [0, 0.05) is 17.3 Å². The Kier molecular flexibility index (Phi) is 6.42. The molecule has 0 spiro atoms. The number of aromatic nitrogens is 1. The zero-order valence-corrected chi connectivity index (χ0v) is 12.9. The molecule has 7 nitrogen and oxygen atoms in total. The van der Waals surface area contributed by atoms with Crippen molar-refractivity contribution < 1.29 is 24.6 Å². The third-order valence-electron chi connectivity index (χ3n) is 3.56. The second-order valence-corrected chi connectivity index (χ2v) is 5.38. The second-order valence-electron chi connectivity index (χ2n) is 5.38. The lowest BCUT2D eigenvalue weighted by Gasteiger charge is -2.27. The van der Waals surface area contributed by atoms with Crippen molar-refractivity contribution in [3.8, 4) is 0 Å². The summed E-state index contributed by atoms with van der Waals surface area (Å²) >= 11 is 0. The van der Waals surface area contributed by atoms with Crippen LogP contribution < -0.4 is 4.73 Å². The van der Waals surface area contributed by atoms with Crippen molar-refractivity contribution in [2.45, 2.75) is 25.4 Å². The first kappa shape index (κ1) is 16.5. The van der Waals surface area contributed by atoms with Crippen LogP contribution in [-0.4, -0.2) is 60.6 Å². The summed E-state index contributed by atoms with van der Waals surface area (Å²) in [6.07, 6.45) is 6.00. The van der Waals surface area contributed by atoms with Crippen LogP contribution >= 0.6 is 0 Å². The first-order valence-corrected chi connectivity index (χ1v) is 7.54. The standard InChI is InChI=1S/C15H24N3O4/c1-21-15(13-6-5-9-18(20)10-13)16-22-12-14(19)11-17-7-3-2-4-8-17/h5-6,9-10,14,19-20H,2-4,7-8,11-12H2,1H3/q+1/b16-15-. The van der Waals surface area contributed by atoms with Gasteiger partial charge in [-0.15, -0.1) is 0 Å². The maximum absolute atomic E-state index is 9.98. The number of piperidine rings is 1. The number of ether oxygens (including phenoxy) is 1. The number of β-amino-alcohol motifs (C(OH)–C–C–N with tert-alkyl or cyclic N) is 1. The van der Waals surface area contributed by atoms with Gasteiger partial charge in [-0.3, -0.25) is 5.21 Å². The average Bonchev–Trinajstić information content (AvgIpc) is 2.52. The fourth-order valence-electron chi connectivity index (χ4n) is 2.47. The van der Waals surface area contributed by atoms with E-state index >= 15 is 0 Å². The number of pyridine rings is 1. The minimum Gasteiger partial charge on any atom is -0.478 e. The lowest BCUT2D eigenvalue weighted by Crippen LogP contribution is -2.38. The van der Waals surface area contributed by atoms with Crippen molar-refractivity contribution in [1.82, 2.24) is 4.90 Å². The Balaban J connectivity index is 1.81. The summed E-state index contributed by atoms with van der Waals surface area (Å²) in [4.78, 5) is 7.42. The molecule has 1 saturated heterocycles. The highest BCUT2D eigenvalue weighted by atomic mass is 16.7. The highest BCUT2D eigenvalue weighted by Gasteiger charge is 2.15.